The molecule has 0 aliphatic carbocycles. The molecule has 27 heavy (non-hydrogen) atoms. The average Bonchev–Trinajstić information content (AvgIpc) is 2.73. The summed E-state index contributed by atoms with van der Waals surface area (Å²) < 4.78 is 12.5. The molecule has 0 saturated carbocycles. The van der Waals surface area contributed by atoms with E-state index in [9.17, 15) is 4.79 Å². The van der Waals surface area contributed by atoms with Crippen LogP contribution in [-0.4, -0.2) is 18.8 Å². The Morgan fingerprint density at radius 2 is 1.44 bits per heavy atom. The van der Waals surface area contributed by atoms with E-state index in [4.69, 9.17) is 9.47 Å². The summed E-state index contributed by atoms with van der Waals surface area (Å²) in [6.07, 6.45) is 0. The van der Waals surface area contributed by atoms with Crippen molar-refractivity contribution in [2.24, 2.45) is 0 Å². The van der Waals surface area contributed by atoms with Crippen molar-refractivity contribution < 1.29 is 9.47 Å². The molecule has 3 aromatic carbocycles. The van der Waals surface area contributed by atoms with E-state index >= 15 is 0 Å². The van der Waals surface area contributed by atoms with E-state index in [1.54, 1.807) is 18.8 Å². The zero-order chi connectivity index (χ0) is 18.8. The molecule has 0 unspecified atom stereocenters. The lowest BCUT2D eigenvalue weighted by Gasteiger charge is -2.16. The summed E-state index contributed by atoms with van der Waals surface area (Å²) >= 11 is 0. The molecular formula is C23H19NO3. The standard InChI is InChI=1S/C23H19NO3/c1-26-21-13-12-17(15-22(21)27-2)20-14-16-8-6-7-11-19(16)23(25)24(20)18-9-4-3-5-10-18/h3-15H,1-2H3. The topological polar surface area (TPSA) is 40.5 Å². The minimum absolute atomic E-state index is 0.0518. The maximum Gasteiger partial charge on any atom is 0.263 e. The highest BCUT2D eigenvalue weighted by molar-refractivity contribution is 5.86. The number of aromatic nitrogens is 1. The number of hydrogen-bond acceptors (Lipinski definition) is 3. The van der Waals surface area contributed by atoms with Crippen LogP contribution in [0.25, 0.3) is 27.7 Å². The first-order valence-electron chi connectivity index (χ1n) is 8.65. The van der Waals surface area contributed by atoms with E-state index < -0.39 is 0 Å². The van der Waals surface area contributed by atoms with Gasteiger partial charge in [0.2, 0.25) is 0 Å². The van der Waals surface area contributed by atoms with E-state index in [0.717, 1.165) is 22.3 Å². The summed E-state index contributed by atoms with van der Waals surface area (Å²) in [5.41, 5.74) is 2.44. The summed E-state index contributed by atoms with van der Waals surface area (Å²) in [6, 6.07) is 25.0. The van der Waals surface area contributed by atoms with E-state index in [-0.39, 0.29) is 5.56 Å². The second-order valence-electron chi connectivity index (χ2n) is 6.16. The summed E-state index contributed by atoms with van der Waals surface area (Å²) in [4.78, 5) is 13.3. The average molecular weight is 357 g/mol. The number of hydrogen-bond donors (Lipinski definition) is 0. The lowest BCUT2D eigenvalue weighted by atomic mass is 10.1. The van der Waals surface area contributed by atoms with E-state index in [0.29, 0.717) is 16.9 Å². The minimum atomic E-state index is -0.0518. The number of para-hydroxylation sites is 1. The molecule has 0 radical (unpaired) electrons. The van der Waals surface area contributed by atoms with Crippen molar-refractivity contribution in [2.75, 3.05) is 14.2 Å². The molecule has 134 valence electrons. The van der Waals surface area contributed by atoms with Gasteiger partial charge < -0.3 is 9.47 Å². The lowest BCUT2D eigenvalue weighted by Crippen LogP contribution is -2.20. The Hall–Kier alpha value is -3.53. The van der Waals surface area contributed by atoms with Crippen molar-refractivity contribution in [3.63, 3.8) is 0 Å². The highest BCUT2D eigenvalue weighted by Crippen LogP contribution is 2.33. The van der Waals surface area contributed by atoms with E-state index in [1.165, 1.54) is 0 Å². The Labute approximate surface area is 157 Å². The second kappa shape index (κ2) is 7.00. The normalized spacial score (nSPS) is 10.7. The number of pyridine rings is 1. The fourth-order valence-electron chi connectivity index (χ4n) is 3.30. The molecule has 0 N–H and O–H groups in total. The Morgan fingerprint density at radius 1 is 0.741 bits per heavy atom. The van der Waals surface area contributed by atoms with Crippen molar-refractivity contribution in [1.29, 1.82) is 0 Å². The van der Waals surface area contributed by atoms with Gasteiger partial charge >= 0.3 is 0 Å². The molecule has 1 heterocycles. The first kappa shape index (κ1) is 16.9. The monoisotopic (exact) mass is 357 g/mol. The van der Waals surface area contributed by atoms with Crippen molar-refractivity contribution in [2.45, 2.75) is 0 Å². The van der Waals surface area contributed by atoms with Gasteiger partial charge in [0.05, 0.1) is 19.9 Å². The zero-order valence-electron chi connectivity index (χ0n) is 15.2. The van der Waals surface area contributed by atoms with Crippen LogP contribution in [0.5, 0.6) is 11.5 Å². The van der Waals surface area contributed by atoms with Gasteiger partial charge in [0.15, 0.2) is 11.5 Å². The van der Waals surface area contributed by atoms with Gasteiger partial charge in [0.25, 0.3) is 5.56 Å². The first-order chi connectivity index (χ1) is 13.2. The highest BCUT2D eigenvalue weighted by Gasteiger charge is 2.14. The molecule has 0 aliphatic heterocycles. The minimum Gasteiger partial charge on any atom is -0.493 e. The van der Waals surface area contributed by atoms with E-state index in [1.807, 2.05) is 78.9 Å². The fraction of sp³-hybridized carbons (Fsp3) is 0.0870. The van der Waals surface area contributed by atoms with Gasteiger partial charge in [0.1, 0.15) is 0 Å². The molecule has 4 aromatic rings. The molecule has 0 amide bonds. The fourth-order valence-corrected chi connectivity index (χ4v) is 3.30. The van der Waals surface area contributed by atoms with Crippen LogP contribution in [0.15, 0.2) is 83.7 Å². The molecule has 0 spiro atoms. The number of nitrogens with zero attached hydrogens (tertiary/aromatic N) is 1. The molecule has 4 nitrogen and oxygen atoms in total. The molecule has 4 heteroatoms. The third-order valence-corrected chi connectivity index (χ3v) is 4.62. The van der Waals surface area contributed by atoms with Gasteiger partial charge in [-0.25, -0.2) is 0 Å². The van der Waals surface area contributed by atoms with Crippen LogP contribution in [0.3, 0.4) is 0 Å². The molecule has 0 bridgehead atoms. The summed E-state index contributed by atoms with van der Waals surface area (Å²) in [5, 5.41) is 1.59. The highest BCUT2D eigenvalue weighted by atomic mass is 16.5. The van der Waals surface area contributed by atoms with Gasteiger partial charge in [-0.1, -0.05) is 36.4 Å². The SMILES string of the molecule is COc1ccc(-c2cc3ccccc3c(=O)n2-c2ccccc2)cc1OC. The summed E-state index contributed by atoms with van der Waals surface area (Å²) in [6.45, 7) is 0. The molecule has 0 saturated heterocycles. The molecule has 0 atom stereocenters. The predicted octanol–water partition coefficient (Wildman–Crippen LogP) is 4.67. The van der Waals surface area contributed by atoms with Crippen LogP contribution >= 0.6 is 0 Å². The number of fused-ring (bicyclic) bond motifs is 1. The quantitative estimate of drug-likeness (QED) is 0.533. The van der Waals surface area contributed by atoms with Crippen LogP contribution in [0.4, 0.5) is 0 Å². The Balaban J connectivity index is 2.07. The second-order valence-corrected chi connectivity index (χ2v) is 6.16. The zero-order valence-corrected chi connectivity index (χ0v) is 15.2. The first-order valence-corrected chi connectivity index (χ1v) is 8.65. The lowest BCUT2D eigenvalue weighted by molar-refractivity contribution is 0.355. The van der Waals surface area contributed by atoms with Crippen LogP contribution in [0, 0.1) is 0 Å². The molecule has 4 rings (SSSR count). The van der Waals surface area contributed by atoms with Crippen LogP contribution in [0.1, 0.15) is 0 Å². The maximum atomic E-state index is 13.3. The van der Waals surface area contributed by atoms with Crippen molar-refractivity contribution >= 4 is 10.8 Å². The van der Waals surface area contributed by atoms with Crippen molar-refractivity contribution in [3.8, 4) is 28.4 Å². The van der Waals surface area contributed by atoms with Gasteiger partial charge in [-0.3, -0.25) is 9.36 Å². The predicted molar refractivity (Wildman–Crippen MR) is 108 cm³/mol. The van der Waals surface area contributed by atoms with Crippen LogP contribution in [-0.2, 0) is 0 Å². The smallest absolute Gasteiger partial charge is 0.263 e. The number of rotatable bonds is 4. The number of ether oxygens (including phenoxy) is 2. The van der Waals surface area contributed by atoms with Crippen molar-refractivity contribution in [3.05, 3.63) is 89.2 Å². The number of benzene rings is 3. The van der Waals surface area contributed by atoms with Crippen LogP contribution in [0.2, 0.25) is 0 Å². The van der Waals surface area contributed by atoms with Crippen molar-refractivity contribution in [1.82, 2.24) is 4.57 Å². The largest absolute Gasteiger partial charge is 0.493 e. The Kier molecular flexibility index (Phi) is 4.38. The third kappa shape index (κ3) is 2.95. The third-order valence-electron chi connectivity index (χ3n) is 4.62. The van der Waals surface area contributed by atoms with Gasteiger partial charge in [-0.2, -0.15) is 0 Å². The van der Waals surface area contributed by atoms with Gasteiger partial charge in [-0.05, 0) is 47.9 Å². The molecule has 0 fully saturated rings. The molecule has 1 aromatic heterocycles. The van der Waals surface area contributed by atoms with Gasteiger partial charge in [-0.15, -0.1) is 0 Å². The van der Waals surface area contributed by atoms with Gasteiger partial charge in [0, 0.05) is 16.6 Å². The molecule has 0 aliphatic rings. The summed E-state index contributed by atoms with van der Waals surface area (Å²) in [5.74, 6) is 1.27. The number of methoxy groups -OCH3 is 2. The van der Waals surface area contributed by atoms with E-state index in [2.05, 4.69) is 0 Å². The summed E-state index contributed by atoms with van der Waals surface area (Å²) in [7, 11) is 3.21. The maximum absolute atomic E-state index is 13.3. The van der Waals surface area contributed by atoms with Crippen LogP contribution < -0.4 is 15.0 Å². The Morgan fingerprint density at radius 3 is 2.19 bits per heavy atom. The Bertz CT molecular complexity index is 1160. The molecular weight excluding hydrogens is 338 g/mol.